The fraction of sp³-hybridized carbons (Fsp3) is 0.235. The summed E-state index contributed by atoms with van der Waals surface area (Å²) in [6.45, 7) is 1.89. The van der Waals surface area contributed by atoms with Gasteiger partial charge in [0.2, 0.25) is 5.91 Å². The number of hydrogen-bond acceptors (Lipinski definition) is 2. The lowest BCUT2D eigenvalue weighted by atomic mass is 10.1. The predicted octanol–water partition coefficient (Wildman–Crippen LogP) is 3.61. The summed E-state index contributed by atoms with van der Waals surface area (Å²) in [5.74, 6) is -0.863. The Bertz CT molecular complexity index is 629. The third-order valence-corrected chi connectivity index (χ3v) is 3.17. The maximum absolute atomic E-state index is 13.3. The number of carbonyl (C=O) groups is 1. The molecule has 2 rings (SSSR count). The molecule has 0 aliphatic heterocycles. The molecule has 1 atom stereocenters. The van der Waals surface area contributed by atoms with Gasteiger partial charge in [-0.3, -0.25) is 4.79 Å². The van der Waals surface area contributed by atoms with Crippen molar-refractivity contribution in [3.63, 3.8) is 0 Å². The molecular weight excluding hydrogens is 288 g/mol. The maximum atomic E-state index is 13.3. The minimum Gasteiger partial charge on any atom is -0.490 e. The van der Waals surface area contributed by atoms with E-state index in [2.05, 4.69) is 5.32 Å². The number of nitrogens with one attached hydrogen (secondary N) is 1. The van der Waals surface area contributed by atoms with Gasteiger partial charge < -0.3 is 10.1 Å². The van der Waals surface area contributed by atoms with Crippen LogP contribution in [0, 0.1) is 11.6 Å². The molecule has 1 N–H and O–H groups in total. The maximum Gasteiger partial charge on any atom is 0.223 e. The summed E-state index contributed by atoms with van der Waals surface area (Å²) in [6.07, 6.45) is 0.111. The summed E-state index contributed by atoms with van der Waals surface area (Å²) in [5.41, 5.74) is 0.810. The van der Waals surface area contributed by atoms with Gasteiger partial charge in [-0.2, -0.15) is 0 Å². The fourth-order valence-corrected chi connectivity index (χ4v) is 1.96. The molecule has 0 fully saturated rings. The number of halogens is 2. The molecule has 0 saturated carbocycles. The van der Waals surface area contributed by atoms with E-state index in [1.165, 1.54) is 24.3 Å². The summed E-state index contributed by atoms with van der Waals surface area (Å²) >= 11 is 0. The van der Waals surface area contributed by atoms with Crippen molar-refractivity contribution in [2.45, 2.75) is 19.4 Å². The van der Waals surface area contributed by atoms with E-state index >= 15 is 0 Å². The summed E-state index contributed by atoms with van der Waals surface area (Å²) in [6, 6.07) is 11.7. The highest BCUT2D eigenvalue weighted by Crippen LogP contribution is 2.16. The van der Waals surface area contributed by atoms with Crippen LogP contribution in [0.15, 0.2) is 48.5 Å². The van der Waals surface area contributed by atoms with Crippen LogP contribution < -0.4 is 10.1 Å². The SMILES string of the molecule is CC(NC(=O)CCOc1ccccc1F)c1ccc(F)cc1. The van der Waals surface area contributed by atoms with Crippen molar-refractivity contribution in [1.82, 2.24) is 5.32 Å². The van der Waals surface area contributed by atoms with Crippen LogP contribution in [0.3, 0.4) is 0 Å². The number of hydrogen-bond donors (Lipinski definition) is 1. The summed E-state index contributed by atoms with van der Waals surface area (Å²) in [5, 5.41) is 2.78. The lowest BCUT2D eigenvalue weighted by molar-refractivity contribution is -0.122. The van der Waals surface area contributed by atoms with Crippen LogP contribution in [-0.2, 0) is 4.79 Å². The average Bonchev–Trinajstić information content (AvgIpc) is 2.50. The minimum absolute atomic E-state index is 0.0862. The summed E-state index contributed by atoms with van der Waals surface area (Å²) < 4.78 is 31.4. The van der Waals surface area contributed by atoms with Crippen LogP contribution in [0.5, 0.6) is 5.75 Å². The Balaban J connectivity index is 1.78. The minimum atomic E-state index is -0.456. The van der Waals surface area contributed by atoms with Gasteiger partial charge in [-0.25, -0.2) is 8.78 Å². The van der Waals surface area contributed by atoms with Crippen LogP contribution in [0.1, 0.15) is 24.9 Å². The monoisotopic (exact) mass is 305 g/mol. The van der Waals surface area contributed by atoms with Crippen molar-refractivity contribution in [1.29, 1.82) is 0 Å². The van der Waals surface area contributed by atoms with E-state index in [0.29, 0.717) is 0 Å². The second kappa shape index (κ2) is 7.54. The molecule has 2 aromatic carbocycles. The molecule has 0 bridgehead atoms. The highest BCUT2D eigenvalue weighted by Gasteiger charge is 2.10. The van der Waals surface area contributed by atoms with Gasteiger partial charge in [-0.1, -0.05) is 24.3 Å². The number of amides is 1. The van der Waals surface area contributed by atoms with E-state index < -0.39 is 5.82 Å². The van der Waals surface area contributed by atoms with Crippen molar-refractivity contribution in [3.05, 3.63) is 65.7 Å². The molecule has 116 valence electrons. The lowest BCUT2D eigenvalue weighted by Gasteiger charge is -2.14. The zero-order chi connectivity index (χ0) is 15.9. The first-order valence-corrected chi connectivity index (χ1v) is 6.98. The molecule has 2 aromatic rings. The molecule has 0 aromatic heterocycles. The van der Waals surface area contributed by atoms with Gasteiger partial charge in [0.1, 0.15) is 5.82 Å². The first-order valence-electron chi connectivity index (χ1n) is 6.98. The van der Waals surface area contributed by atoms with E-state index in [9.17, 15) is 13.6 Å². The molecule has 3 nitrogen and oxygen atoms in total. The summed E-state index contributed by atoms with van der Waals surface area (Å²) in [4.78, 5) is 11.8. The summed E-state index contributed by atoms with van der Waals surface area (Å²) in [7, 11) is 0. The zero-order valence-corrected chi connectivity index (χ0v) is 12.2. The molecule has 0 aliphatic rings. The Labute approximate surface area is 127 Å². The standard InChI is InChI=1S/C17H17F2NO2/c1-12(13-6-8-14(18)9-7-13)20-17(21)10-11-22-16-5-3-2-4-15(16)19/h2-9,12H,10-11H2,1H3,(H,20,21). The first-order chi connectivity index (χ1) is 10.6. The highest BCUT2D eigenvalue weighted by atomic mass is 19.1. The van der Waals surface area contributed by atoms with Gasteiger partial charge in [0.25, 0.3) is 0 Å². The number of para-hydroxylation sites is 1. The van der Waals surface area contributed by atoms with Gasteiger partial charge in [0.05, 0.1) is 19.1 Å². The molecule has 1 amide bonds. The average molecular weight is 305 g/mol. The number of ether oxygens (including phenoxy) is 1. The van der Waals surface area contributed by atoms with Crippen molar-refractivity contribution >= 4 is 5.91 Å². The van der Waals surface area contributed by atoms with Gasteiger partial charge >= 0.3 is 0 Å². The smallest absolute Gasteiger partial charge is 0.223 e. The predicted molar refractivity (Wildman–Crippen MR) is 79.5 cm³/mol. The molecule has 1 unspecified atom stereocenters. The van der Waals surface area contributed by atoms with Crippen LogP contribution in [-0.4, -0.2) is 12.5 Å². The normalized spacial score (nSPS) is 11.8. The van der Waals surface area contributed by atoms with Gasteiger partial charge in [-0.15, -0.1) is 0 Å². The first kappa shape index (κ1) is 15.9. The largest absolute Gasteiger partial charge is 0.490 e. The topological polar surface area (TPSA) is 38.3 Å². The van der Waals surface area contributed by atoms with Crippen molar-refractivity contribution in [3.8, 4) is 5.75 Å². The fourth-order valence-electron chi connectivity index (χ4n) is 1.96. The Morgan fingerprint density at radius 1 is 1.14 bits per heavy atom. The Kier molecular flexibility index (Phi) is 5.47. The van der Waals surface area contributed by atoms with Gasteiger partial charge in [0, 0.05) is 0 Å². The molecule has 0 radical (unpaired) electrons. The number of carbonyl (C=O) groups excluding carboxylic acids is 1. The molecule has 0 spiro atoms. The third kappa shape index (κ3) is 4.55. The van der Waals surface area contributed by atoms with E-state index in [4.69, 9.17) is 4.74 Å². The highest BCUT2D eigenvalue weighted by molar-refractivity contribution is 5.76. The Morgan fingerprint density at radius 3 is 2.50 bits per heavy atom. The third-order valence-electron chi connectivity index (χ3n) is 3.17. The van der Waals surface area contributed by atoms with Crippen LogP contribution in [0.25, 0.3) is 0 Å². The number of benzene rings is 2. The second-order valence-corrected chi connectivity index (χ2v) is 4.87. The second-order valence-electron chi connectivity index (χ2n) is 4.87. The van der Waals surface area contributed by atoms with E-state index in [-0.39, 0.29) is 36.5 Å². The van der Waals surface area contributed by atoms with Crippen molar-refractivity contribution in [2.24, 2.45) is 0 Å². The lowest BCUT2D eigenvalue weighted by Crippen LogP contribution is -2.27. The number of rotatable bonds is 6. The van der Waals surface area contributed by atoms with Crippen LogP contribution in [0.4, 0.5) is 8.78 Å². The van der Waals surface area contributed by atoms with Crippen molar-refractivity contribution < 1.29 is 18.3 Å². The molecule has 5 heteroatoms. The van der Waals surface area contributed by atoms with Gasteiger partial charge in [0.15, 0.2) is 11.6 Å². The van der Waals surface area contributed by atoms with Gasteiger partial charge in [-0.05, 0) is 36.8 Å². The van der Waals surface area contributed by atoms with Crippen LogP contribution in [0.2, 0.25) is 0 Å². The Hall–Kier alpha value is -2.43. The molecule has 0 aliphatic carbocycles. The molecule has 22 heavy (non-hydrogen) atoms. The zero-order valence-electron chi connectivity index (χ0n) is 12.2. The van der Waals surface area contributed by atoms with Crippen molar-refractivity contribution in [2.75, 3.05) is 6.61 Å². The quantitative estimate of drug-likeness (QED) is 0.885. The Morgan fingerprint density at radius 2 is 1.82 bits per heavy atom. The van der Waals surface area contributed by atoms with E-state index in [1.54, 1.807) is 24.3 Å². The molecule has 0 saturated heterocycles. The van der Waals surface area contributed by atoms with E-state index in [1.807, 2.05) is 6.92 Å². The van der Waals surface area contributed by atoms with E-state index in [0.717, 1.165) is 5.56 Å². The molecule has 0 heterocycles. The van der Waals surface area contributed by atoms with Crippen LogP contribution >= 0.6 is 0 Å². The molecular formula is C17H17F2NO2.